The van der Waals surface area contributed by atoms with Gasteiger partial charge in [0.05, 0.1) is 19.1 Å². The summed E-state index contributed by atoms with van der Waals surface area (Å²) in [4.78, 5) is 15.1. The van der Waals surface area contributed by atoms with Crippen LogP contribution in [-0.2, 0) is 21.2 Å². The molecule has 8 heteroatoms. The van der Waals surface area contributed by atoms with Crippen LogP contribution in [0.1, 0.15) is 18.9 Å². The number of halogens is 1. The van der Waals surface area contributed by atoms with Crippen LogP contribution < -0.4 is 13.9 Å². The van der Waals surface area contributed by atoms with Gasteiger partial charge >= 0.3 is 0 Å². The number of benzene rings is 2. The average Bonchev–Trinajstić information content (AvgIpc) is 3.08. The molecular formula is C20H23ClN2O4S. The second kappa shape index (κ2) is 8.01. The van der Waals surface area contributed by atoms with Gasteiger partial charge in [-0.2, -0.15) is 0 Å². The fraction of sp³-hybridized carbons (Fsp3) is 0.350. The van der Waals surface area contributed by atoms with Crippen molar-refractivity contribution in [1.82, 2.24) is 0 Å². The highest BCUT2D eigenvalue weighted by Crippen LogP contribution is 2.36. The highest BCUT2D eigenvalue weighted by Gasteiger charge is 2.38. The zero-order chi connectivity index (χ0) is 20.5. The lowest BCUT2D eigenvalue weighted by Gasteiger charge is -2.33. The van der Waals surface area contributed by atoms with Crippen molar-refractivity contribution in [1.29, 1.82) is 0 Å². The Labute approximate surface area is 170 Å². The van der Waals surface area contributed by atoms with Crippen molar-refractivity contribution in [2.24, 2.45) is 0 Å². The smallest absolute Gasteiger partial charge is 0.250 e. The van der Waals surface area contributed by atoms with Crippen LogP contribution in [-0.4, -0.2) is 40.3 Å². The maximum atomic E-state index is 13.4. The van der Waals surface area contributed by atoms with E-state index >= 15 is 0 Å². The van der Waals surface area contributed by atoms with Crippen LogP contribution in [0, 0.1) is 0 Å². The van der Waals surface area contributed by atoms with Gasteiger partial charge in [0.2, 0.25) is 10.0 Å². The Bertz CT molecular complexity index is 993. The van der Waals surface area contributed by atoms with Gasteiger partial charge in [0.25, 0.3) is 5.91 Å². The molecule has 1 aliphatic heterocycles. The van der Waals surface area contributed by atoms with Crippen molar-refractivity contribution in [2.75, 3.05) is 29.1 Å². The molecule has 1 amide bonds. The normalized spacial score (nSPS) is 14.5. The van der Waals surface area contributed by atoms with E-state index in [1.807, 2.05) is 24.3 Å². The molecule has 0 saturated carbocycles. The zero-order valence-corrected chi connectivity index (χ0v) is 17.6. The summed E-state index contributed by atoms with van der Waals surface area (Å²) in [7, 11) is -2.33. The van der Waals surface area contributed by atoms with Gasteiger partial charge in [-0.05, 0) is 42.7 Å². The van der Waals surface area contributed by atoms with Gasteiger partial charge in [-0.1, -0.05) is 36.7 Å². The molecule has 0 bridgehead atoms. The molecule has 0 radical (unpaired) electrons. The number of rotatable bonds is 6. The molecule has 150 valence electrons. The van der Waals surface area contributed by atoms with Crippen LogP contribution in [0.3, 0.4) is 0 Å². The number of para-hydroxylation sites is 1. The first kappa shape index (κ1) is 20.5. The van der Waals surface area contributed by atoms with Gasteiger partial charge in [-0.25, -0.2) is 8.42 Å². The number of hydrogen-bond donors (Lipinski definition) is 0. The fourth-order valence-electron chi connectivity index (χ4n) is 3.60. The summed E-state index contributed by atoms with van der Waals surface area (Å²) < 4.78 is 31.9. The molecule has 0 fully saturated rings. The maximum absolute atomic E-state index is 13.4. The molecule has 0 spiro atoms. The monoisotopic (exact) mass is 422 g/mol. The molecule has 0 aliphatic carbocycles. The number of nitrogens with zero attached hydrogens (tertiary/aromatic N) is 2. The third-order valence-electron chi connectivity index (χ3n) is 4.84. The van der Waals surface area contributed by atoms with Gasteiger partial charge in [0.15, 0.2) is 0 Å². The van der Waals surface area contributed by atoms with Crippen molar-refractivity contribution in [3.63, 3.8) is 0 Å². The van der Waals surface area contributed by atoms with E-state index in [1.54, 1.807) is 24.0 Å². The number of methoxy groups -OCH3 is 1. The number of hydrogen-bond acceptors (Lipinski definition) is 4. The maximum Gasteiger partial charge on any atom is 0.250 e. The van der Waals surface area contributed by atoms with Gasteiger partial charge in [-0.15, -0.1) is 0 Å². The molecule has 3 rings (SSSR count). The summed E-state index contributed by atoms with van der Waals surface area (Å²) in [6.07, 6.45) is 2.14. The van der Waals surface area contributed by atoms with Crippen LogP contribution in [0.5, 0.6) is 5.75 Å². The lowest BCUT2D eigenvalue weighted by molar-refractivity contribution is -0.119. The Balaban J connectivity index is 2.07. The number of anilines is 2. The van der Waals surface area contributed by atoms with Crippen molar-refractivity contribution in [3.8, 4) is 5.75 Å². The van der Waals surface area contributed by atoms with E-state index in [9.17, 15) is 13.2 Å². The number of carbonyl (C=O) groups is 1. The molecule has 1 atom stereocenters. The second-order valence-electron chi connectivity index (χ2n) is 6.67. The number of amides is 1. The number of sulfonamides is 1. The summed E-state index contributed by atoms with van der Waals surface area (Å²) in [6.45, 7) is 2.32. The summed E-state index contributed by atoms with van der Waals surface area (Å²) in [5.74, 6) is 0.0720. The molecule has 1 aliphatic rings. The SMILES string of the molecule is CC[C@H](C(=O)N1CCc2ccccc21)N(c1cc(Cl)ccc1OC)S(C)(=O)=O. The van der Waals surface area contributed by atoms with Crippen molar-refractivity contribution in [3.05, 3.63) is 53.1 Å². The predicted octanol–water partition coefficient (Wildman–Crippen LogP) is 3.48. The molecule has 0 N–H and O–H groups in total. The molecule has 2 aromatic carbocycles. The first-order valence-electron chi connectivity index (χ1n) is 9.00. The third kappa shape index (κ3) is 3.82. The van der Waals surface area contributed by atoms with Gasteiger partial charge in [0.1, 0.15) is 11.8 Å². The molecule has 6 nitrogen and oxygen atoms in total. The Kier molecular flexibility index (Phi) is 5.86. The number of carbonyl (C=O) groups excluding carboxylic acids is 1. The highest BCUT2D eigenvalue weighted by molar-refractivity contribution is 7.92. The molecule has 0 aromatic heterocycles. The number of fused-ring (bicyclic) bond motifs is 1. The second-order valence-corrected chi connectivity index (χ2v) is 8.96. The van der Waals surface area contributed by atoms with E-state index < -0.39 is 16.1 Å². The van der Waals surface area contributed by atoms with Gasteiger partial charge in [-0.3, -0.25) is 9.10 Å². The Morgan fingerprint density at radius 2 is 2.00 bits per heavy atom. The predicted molar refractivity (Wildman–Crippen MR) is 112 cm³/mol. The summed E-state index contributed by atoms with van der Waals surface area (Å²) in [5.41, 5.74) is 2.17. The van der Waals surface area contributed by atoms with E-state index in [4.69, 9.17) is 16.3 Å². The van der Waals surface area contributed by atoms with Crippen LogP contribution in [0.15, 0.2) is 42.5 Å². The quantitative estimate of drug-likeness (QED) is 0.714. The zero-order valence-electron chi connectivity index (χ0n) is 16.1. The van der Waals surface area contributed by atoms with Gasteiger partial charge in [0, 0.05) is 17.3 Å². The van der Waals surface area contributed by atoms with E-state index in [-0.39, 0.29) is 11.6 Å². The molecule has 28 heavy (non-hydrogen) atoms. The summed E-state index contributed by atoms with van der Waals surface area (Å²) in [5, 5.41) is 0.360. The minimum atomic E-state index is -3.78. The van der Waals surface area contributed by atoms with Crippen LogP contribution in [0.2, 0.25) is 5.02 Å². The van der Waals surface area contributed by atoms with Crippen molar-refractivity contribution in [2.45, 2.75) is 25.8 Å². The Morgan fingerprint density at radius 1 is 1.29 bits per heavy atom. The van der Waals surface area contributed by atoms with Crippen LogP contribution in [0.4, 0.5) is 11.4 Å². The molecule has 2 aromatic rings. The largest absolute Gasteiger partial charge is 0.495 e. The van der Waals surface area contributed by atoms with Gasteiger partial charge < -0.3 is 9.64 Å². The summed E-state index contributed by atoms with van der Waals surface area (Å²) in [6, 6.07) is 11.5. The molecule has 0 saturated heterocycles. The lowest BCUT2D eigenvalue weighted by Crippen LogP contribution is -2.50. The fourth-order valence-corrected chi connectivity index (χ4v) is 4.97. The third-order valence-corrected chi connectivity index (χ3v) is 6.24. The minimum Gasteiger partial charge on any atom is -0.495 e. The molecule has 1 heterocycles. The van der Waals surface area contributed by atoms with E-state index in [1.165, 1.54) is 13.2 Å². The van der Waals surface area contributed by atoms with Crippen LogP contribution >= 0.6 is 11.6 Å². The molecular weight excluding hydrogens is 400 g/mol. The Hall–Kier alpha value is -2.25. The van der Waals surface area contributed by atoms with E-state index in [0.29, 0.717) is 23.7 Å². The van der Waals surface area contributed by atoms with Crippen molar-refractivity contribution >= 4 is 38.9 Å². The van der Waals surface area contributed by atoms with Crippen LogP contribution in [0.25, 0.3) is 0 Å². The minimum absolute atomic E-state index is 0.255. The Morgan fingerprint density at radius 3 is 2.64 bits per heavy atom. The first-order valence-corrected chi connectivity index (χ1v) is 11.2. The highest BCUT2D eigenvalue weighted by atomic mass is 35.5. The van der Waals surface area contributed by atoms with E-state index in [2.05, 4.69) is 0 Å². The average molecular weight is 423 g/mol. The molecule has 0 unspecified atom stereocenters. The van der Waals surface area contributed by atoms with E-state index in [0.717, 1.165) is 28.2 Å². The van der Waals surface area contributed by atoms with Crippen molar-refractivity contribution < 1.29 is 17.9 Å². The lowest BCUT2D eigenvalue weighted by atomic mass is 10.1. The number of ether oxygens (including phenoxy) is 1. The standard InChI is InChI=1S/C20H23ClN2O4S/c1-4-16(20(24)22-12-11-14-7-5-6-8-17(14)22)23(28(3,25)26)18-13-15(21)9-10-19(18)27-2/h5-10,13,16H,4,11-12H2,1-3H3/t16-/m1/s1. The summed E-state index contributed by atoms with van der Waals surface area (Å²) >= 11 is 6.12. The first-order chi connectivity index (χ1) is 13.3. The topological polar surface area (TPSA) is 66.9 Å².